The fourth-order valence-corrected chi connectivity index (χ4v) is 1.72. The molecule has 2 heteroatoms. The summed E-state index contributed by atoms with van der Waals surface area (Å²) >= 11 is 0. The van der Waals surface area contributed by atoms with Crippen molar-refractivity contribution < 1.29 is 4.79 Å². The van der Waals surface area contributed by atoms with Crippen LogP contribution in [0, 0.1) is 0 Å². The van der Waals surface area contributed by atoms with Crippen LogP contribution in [0.4, 0.5) is 0 Å². The molecule has 0 saturated carbocycles. The molecule has 1 unspecified atom stereocenters. The zero-order valence-corrected chi connectivity index (χ0v) is 7.85. The number of rotatable bonds is 0. The number of hydrogen-bond acceptors (Lipinski definition) is 2. The predicted octanol–water partition coefficient (Wildman–Crippen LogP) is 1.45. The predicted molar refractivity (Wildman–Crippen MR) is 45.5 cm³/mol. The van der Waals surface area contributed by atoms with E-state index in [4.69, 9.17) is 0 Å². The average molecular weight is 155 g/mol. The van der Waals surface area contributed by atoms with Gasteiger partial charge in [-0.05, 0) is 27.7 Å². The van der Waals surface area contributed by atoms with Crippen molar-refractivity contribution in [2.24, 2.45) is 0 Å². The van der Waals surface area contributed by atoms with Crippen LogP contribution in [0.2, 0.25) is 0 Å². The maximum Gasteiger partial charge on any atom is 0.150 e. The molecule has 64 valence electrons. The number of likely N-dealkylation sites (tertiary alicyclic amines) is 1. The lowest BCUT2D eigenvalue weighted by Gasteiger charge is -2.34. The quantitative estimate of drug-likeness (QED) is 0.527. The molecule has 1 aliphatic heterocycles. The van der Waals surface area contributed by atoms with Crippen LogP contribution in [0.1, 0.15) is 34.1 Å². The second-order valence-electron chi connectivity index (χ2n) is 4.26. The van der Waals surface area contributed by atoms with Crippen molar-refractivity contribution >= 4 is 5.78 Å². The molecule has 0 N–H and O–H groups in total. The van der Waals surface area contributed by atoms with Gasteiger partial charge in [-0.25, -0.2) is 0 Å². The van der Waals surface area contributed by atoms with E-state index in [2.05, 4.69) is 25.7 Å². The lowest BCUT2D eigenvalue weighted by molar-refractivity contribution is -0.120. The Labute approximate surface area is 68.6 Å². The Morgan fingerprint density at radius 2 is 2.00 bits per heavy atom. The second-order valence-corrected chi connectivity index (χ2v) is 4.26. The van der Waals surface area contributed by atoms with E-state index in [9.17, 15) is 4.79 Å². The molecule has 1 saturated heterocycles. The molecule has 1 fully saturated rings. The molecule has 0 aliphatic carbocycles. The maximum atomic E-state index is 11.2. The third-order valence-electron chi connectivity index (χ3n) is 2.39. The van der Waals surface area contributed by atoms with E-state index < -0.39 is 0 Å². The van der Waals surface area contributed by atoms with Crippen LogP contribution in [0.5, 0.6) is 0 Å². The maximum absolute atomic E-state index is 11.2. The molecule has 1 aliphatic rings. The van der Waals surface area contributed by atoms with E-state index in [0.717, 1.165) is 13.0 Å². The largest absolute Gasteiger partial charge is 0.298 e. The Balaban J connectivity index is 2.70. The van der Waals surface area contributed by atoms with Crippen LogP contribution in [-0.2, 0) is 4.79 Å². The van der Waals surface area contributed by atoms with Crippen molar-refractivity contribution in [1.29, 1.82) is 0 Å². The van der Waals surface area contributed by atoms with Crippen molar-refractivity contribution in [2.45, 2.75) is 45.7 Å². The molecule has 0 radical (unpaired) electrons. The van der Waals surface area contributed by atoms with E-state index in [0.29, 0.717) is 5.78 Å². The first-order valence-electron chi connectivity index (χ1n) is 4.22. The zero-order chi connectivity index (χ0) is 8.65. The summed E-state index contributed by atoms with van der Waals surface area (Å²) in [5.74, 6) is 0.389. The van der Waals surface area contributed by atoms with Crippen LogP contribution in [0.15, 0.2) is 0 Å². The number of Topliss-reactive ketones (excluding diaryl/α,β-unsaturated/α-hetero) is 1. The Morgan fingerprint density at radius 1 is 1.45 bits per heavy atom. The summed E-state index contributed by atoms with van der Waals surface area (Å²) in [4.78, 5) is 13.4. The zero-order valence-electron chi connectivity index (χ0n) is 7.85. The summed E-state index contributed by atoms with van der Waals surface area (Å²) in [7, 11) is 0. The van der Waals surface area contributed by atoms with Crippen LogP contribution in [0.3, 0.4) is 0 Å². The summed E-state index contributed by atoms with van der Waals surface area (Å²) in [6.45, 7) is 9.40. The van der Waals surface area contributed by atoms with Gasteiger partial charge in [0.2, 0.25) is 0 Å². The summed E-state index contributed by atoms with van der Waals surface area (Å²) < 4.78 is 0. The monoisotopic (exact) mass is 155 g/mol. The first-order chi connectivity index (χ1) is 4.93. The van der Waals surface area contributed by atoms with Crippen LogP contribution in [-0.4, -0.2) is 28.8 Å². The molecule has 2 nitrogen and oxygen atoms in total. The van der Waals surface area contributed by atoms with Gasteiger partial charge in [-0.3, -0.25) is 9.69 Å². The van der Waals surface area contributed by atoms with Gasteiger partial charge in [-0.2, -0.15) is 0 Å². The van der Waals surface area contributed by atoms with Gasteiger partial charge in [0.05, 0.1) is 6.04 Å². The number of nitrogens with zero attached hydrogens (tertiary/aromatic N) is 1. The SMILES string of the molecule is CC1C(=O)CCN1C(C)(C)C. The molecule has 1 atom stereocenters. The van der Waals surface area contributed by atoms with Crippen LogP contribution in [0.25, 0.3) is 0 Å². The van der Waals surface area contributed by atoms with Gasteiger partial charge >= 0.3 is 0 Å². The van der Waals surface area contributed by atoms with Gasteiger partial charge in [0.15, 0.2) is 5.78 Å². The van der Waals surface area contributed by atoms with E-state index in [1.807, 2.05) is 6.92 Å². The second kappa shape index (κ2) is 2.59. The highest BCUT2D eigenvalue weighted by Crippen LogP contribution is 2.23. The fourth-order valence-electron chi connectivity index (χ4n) is 1.72. The smallest absolute Gasteiger partial charge is 0.150 e. The van der Waals surface area contributed by atoms with E-state index in [1.165, 1.54) is 0 Å². The summed E-state index contributed by atoms with van der Waals surface area (Å²) in [6.07, 6.45) is 0.735. The minimum Gasteiger partial charge on any atom is -0.298 e. The molecule has 0 aromatic rings. The van der Waals surface area contributed by atoms with Crippen molar-refractivity contribution in [2.75, 3.05) is 6.54 Å². The molecular weight excluding hydrogens is 138 g/mol. The van der Waals surface area contributed by atoms with Crippen LogP contribution >= 0.6 is 0 Å². The Morgan fingerprint density at radius 3 is 2.18 bits per heavy atom. The lowest BCUT2D eigenvalue weighted by atomic mass is 10.1. The normalized spacial score (nSPS) is 28.0. The van der Waals surface area contributed by atoms with Gasteiger partial charge in [0.1, 0.15) is 0 Å². The fraction of sp³-hybridized carbons (Fsp3) is 0.889. The van der Waals surface area contributed by atoms with E-state index in [1.54, 1.807) is 0 Å². The molecule has 0 spiro atoms. The van der Waals surface area contributed by atoms with E-state index in [-0.39, 0.29) is 11.6 Å². The molecule has 11 heavy (non-hydrogen) atoms. The van der Waals surface area contributed by atoms with Crippen LogP contribution < -0.4 is 0 Å². The van der Waals surface area contributed by atoms with E-state index >= 15 is 0 Å². The third kappa shape index (κ3) is 1.62. The number of carbonyl (C=O) groups is 1. The van der Waals surface area contributed by atoms with Crippen molar-refractivity contribution in [1.82, 2.24) is 4.90 Å². The summed E-state index contributed by atoms with van der Waals surface area (Å²) in [5, 5.41) is 0. The van der Waals surface area contributed by atoms with Crippen molar-refractivity contribution in [3.63, 3.8) is 0 Å². The van der Waals surface area contributed by atoms with Gasteiger partial charge in [0.25, 0.3) is 0 Å². The summed E-state index contributed by atoms with van der Waals surface area (Å²) in [5.41, 5.74) is 0.144. The highest BCUT2D eigenvalue weighted by Gasteiger charge is 2.35. The number of hydrogen-bond donors (Lipinski definition) is 0. The first kappa shape index (κ1) is 8.72. The lowest BCUT2D eigenvalue weighted by Crippen LogP contribution is -2.44. The molecule has 0 aromatic carbocycles. The van der Waals surface area contributed by atoms with Gasteiger partial charge in [-0.15, -0.1) is 0 Å². The topological polar surface area (TPSA) is 20.3 Å². The standard InChI is InChI=1S/C9H17NO/c1-7-8(11)5-6-10(7)9(2,3)4/h7H,5-6H2,1-4H3. The molecular formula is C9H17NO. The number of carbonyl (C=O) groups excluding carboxylic acids is 1. The minimum absolute atomic E-state index is 0.134. The highest BCUT2D eigenvalue weighted by atomic mass is 16.1. The Hall–Kier alpha value is -0.370. The third-order valence-corrected chi connectivity index (χ3v) is 2.39. The minimum atomic E-state index is 0.134. The average Bonchev–Trinajstić information content (AvgIpc) is 2.11. The highest BCUT2D eigenvalue weighted by molar-refractivity contribution is 5.85. The summed E-state index contributed by atoms with van der Waals surface area (Å²) in [6, 6.07) is 0.134. The van der Waals surface area contributed by atoms with Crippen molar-refractivity contribution in [3.05, 3.63) is 0 Å². The Kier molecular flexibility index (Phi) is 2.06. The Bertz CT molecular complexity index is 169. The molecule has 0 aromatic heterocycles. The number of ketones is 1. The first-order valence-corrected chi connectivity index (χ1v) is 4.22. The van der Waals surface area contributed by atoms with Gasteiger partial charge in [0, 0.05) is 18.5 Å². The molecule has 0 amide bonds. The van der Waals surface area contributed by atoms with Crippen molar-refractivity contribution in [3.8, 4) is 0 Å². The van der Waals surface area contributed by atoms with Gasteiger partial charge < -0.3 is 0 Å². The molecule has 1 rings (SSSR count). The molecule has 0 bridgehead atoms. The molecule has 1 heterocycles. The van der Waals surface area contributed by atoms with Gasteiger partial charge in [-0.1, -0.05) is 0 Å².